The molecule has 3 aromatic rings. The normalized spacial score (nSPS) is 19.2. The van der Waals surface area contributed by atoms with Gasteiger partial charge in [0.15, 0.2) is 0 Å². The van der Waals surface area contributed by atoms with Crippen LogP contribution in [0.25, 0.3) is 0 Å². The van der Waals surface area contributed by atoms with Crippen LogP contribution in [0, 0.1) is 0 Å². The summed E-state index contributed by atoms with van der Waals surface area (Å²) >= 11 is 11.8. The van der Waals surface area contributed by atoms with E-state index in [1.54, 1.807) is 41.3 Å². The van der Waals surface area contributed by atoms with Gasteiger partial charge in [0.1, 0.15) is 30.3 Å². The lowest BCUT2D eigenvalue weighted by molar-refractivity contribution is -0.0646. The van der Waals surface area contributed by atoms with Gasteiger partial charge in [0, 0.05) is 30.9 Å². The van der Waals surface area contributed by atoms with Gasteiger partial charge in [0.2, 0.25) is 0 Å². The Balaban J connectivity index is 1.27. The molecule has 2 heterocycles. The second-order valence-electron chi connectivity index (χ2n) is 8.14. The van der Waals surface area contributed by atoms with E-state index in [1.165, 1.54) is 0 Å². The summed E-state index contributed by atoms with van der Waals surface area (Å²) in [6, 6.07) is 15.1. The van der Waals surface area contributed by atoms with Crippen LogP contribution in [0.2, 0.25) is 10.0 Å². The molecule has 0 amide bonds. The molecule has 4 rings (SSSR count). The van der Waals surface area contributed by atoms with Crippen molar-refractivity contribution in [2.45, 2.75) is 18.7 Å². The number of benzene rings is 2. The number of ether oxygens (including phenoxy) is 3. The Kier molecular flexibility index (Phi) is 8.11. The molecule has 1 aliphatic rings. The Bertz CT molecular complexity index is 1010. The van der Waals surface area contributed by atoms with Gasteiger partial charge in [0.25, 0.3) is 0 Å². The molecule has 0 radical (unpaired) electrons. The van der Waals surface area contributed by atoms with Crippen LogP contribution in [0.5, 0.6) is 11.5 Å². The van der Waals surface area contributed by atoms with E-state index in [-0.39, 0.29) is 13.2 Å². The minimum atomic E-state index is -1.10. The van der Waals surface area contributed by atoms with Crippen LogP contribution >= 0.6 is 23.2 Å². The minimum absolute atomic E-state index is 0.138. The lowest BCUT2D eigenvalue weighted by atomic mass is 10.1. The van der Waals surface area contributed by atoms with Crippen LogP contribution in [-0.4, -0.2) is 64.9 Å². The van der Waals surface area contributed by atoms with Crippen LogP contribution in [-0.2, 0) is 17.8 Å². The molecular weight excluding hydrogens is 465 g/mol. The monoisotopic (exact) mass is 491 g/mol. The van der Waals surface area contributed by atoms with Gasteiger partial charge in [-0.2, -0.15) is 5.10 Å². The second-order valence-corrected chi connectivity index (χ2v) is 9.02. The number of hydrogen-bond acceptors (Lipinski definition) is 6. The summed E-state index contributed by atoms with van der Waals surface area (Å²) in [5.41, 5.74) is 0.0262. The number of nitrogens with zero attached hydrogens (tertiary/aromatic N) is 3. The van der Waals surface area contributed by atoms with Crippen molar-refractivity contribution in [1.29, 1.82) is 0 Å². The van der Waals surface area contributed by atoms with E-state index in [4.69, 9.17) is 37.4 Å². The smallest absolute Gasteiger partial charge is 0.134 e. The summed E-state index contributed by atoms with van der Waals surface area (Å²) in [6.07, 6.45) is 3.37. The molecule has 176 valence electrons. The molecule has 0 aliphatic carbocycles. The van der Waals surface area contributed by atoms with E-state index in [0.717, 1.165) is 17.9 Å². The van der Waals surface area contributed by atoms with Crippen molar-refractivity contribution in [2.24, 2.45) is 0 Å². The number of aromatic nitrogens is 2. The molecule has 0 bridgehead atoms. The molecule has 1 N–H and O–H groups in total. The van der Waals surface area contributed by atoms with Crippen LogP contribution in [0.4, 0.5) is 0 Å². The molecule has 1 unspecified atom stereocenters. The SMILES string of the molecule is OC1(COc2ccc(Cl)cc2)COCCN(Cc2ccc(OCCn3cc(Cl)cn3)cc2)C1. The molecular formula is C24H27Cl2N3O4. The lowest BCUT2D eigenvalue weighted by Crippen LogP contribution is -2.48. The van der Waals surface area contributed by atoms with E-state index in [0.29, 0.717) is 48.6 Å². The standard InChI is InChI=1S/C24H27Cl2N3O4/c25-20-3-7-23(8-4-20)33-18-24(30)16-28(9-11-31-17-24)14-19-1-5-22(6-2-19)32-12-10-29-15-21(26)13-27-29/h1-8,13,15,30H,9-12,14,16-18H2. The summed E-state index contributed by atoms with van der Waals surface area (Å²) in [6.45, 7) is 3.92. The van der Waals surface area contributed by atoms with E-state index in [1.807, 2.05) is 24.3 Å². The van der Waals surface area contributed by atoms with Gasteiger partial charge in [0.05, 0.1) is 31.0 Å². The third kappa shape index (κ3) is 7.35. The maximum Gasteiger partial charge on any atom is 0.134 e. The lowest BCUT2D eigenvalue weighted by Gasteiger charge is -2.30. The number of aliphatic hydroxyl groups is 1. The first-order chi connectivity index (χ1) is 16.0. The number of halogens is 2. The predicted octanol–water partition coefficient (Wildman–Crippen LogP) is 3.91. The molecule has 1 aromatic heterocycles. The average Bonchev–Trinajstić information content (AvgIpc) is 3.13. The Morgan fingerprint density at radius 2 is 1.73 bits per heavy atom. The minimum Gasteiger partial charge on any atom is -0.492 e. The van der Waals surface area contributed by atoms with Crippen LogP contribution in [0.1, 0.15) is 5.56 Å². The Labute approximate surface area is 203 Å². The maximum atomic E-state index is 11.1. The van der Waals surface area contributed by atoms with Crippen molar-refractivity contribution >= 4 is 23.2 Å². The summed E-state index contributed by atoms with van der Waals surface area (Å²) in [4.78, 5) is 2.18. The first-order valence-corrected chi connectivity index (χ1v) is 11.5. The van der Waals surface area contributed by atoms with Gasteiger partial charge in [-0.3, -0.25) is 9.58 Å². The molecule has 1 fully saturated rings. The average molecular weight is 492 g/mol. The number of β-amino-alcohol motifs (C(OH)–C–C–N with tert-alkyl or cyclic N) is 1. The highest BCUT2D eigenvalue weighted by Gasteiger charge is 2.33. The van der Waals surface area contributed by atoms with Crippen LogP contribution < -0.4 is 9.47 Å². The van der Waals surface area contributed by atoms with Gasteiger partial charge in [-0.15, -0.1) is 0 Å². The van der Waals surface area contributed by atoms with Crippen molar-refractivity contribution in [2.75, 3.05) is 39.5 Å². The van der Waals surface area contributed by atoms with Gasteiger partial charge >= 0.3 is 0 Å². The largest absolute Gasteiger partial charge is 0.492 e. The molecule has 1 saturated heterocycles. The first kappa shape index (κ1) is 23.9. The van der Waals surface area contributed by atoms with Crippen molar-refractivity contribution < 1.29 is 19.3 Å². The Hall–Kier alpha value is -2.29. The van der Waals surface area contributed by atoms with Crippen molar-refractivity contribution in [3.05, 3.63) is 76.5 Å². The molecule has 0 saturated carbocycles. The van der Waals surface area contributed by atoms with Crippen molar-refractivity contribution in [3.8, 4) is 11.5 Å². The molecule has 2 aromatic carbocycles. The summed E-state index contributed by atoms with van der Waals surface area (Å²) < 4.78 is 19.0. The van der Waals surface area contributed by atoms with Crippen molar-refractivity contribution in [1.82, 2.24) is 14.7 Å². The Morgan fingerprint density at radius 1 is 1.00 bits per heavy atom. The van der Waals surface area contributed by atoms with Gasteiger partial charge < -0.3 is 19.3 Å². The van der Waals surface area contributed by atoms with E-state index < -0.39 is 5.60 Å². The van der Waals surface area contributed by atoms with Crippen molar-refractivity contribution in [3.63, 3.8) is 0 Å². The fourth-order valence-electron chi connectivity index (χ4n) is 3.63. The topological polar surface area (TPSA) is 69.0 Å². The zero-order valence-corrected chi connectivity index (χ0v) is 19.7. The highest BCUT2D eigenvalue weighted by molar-refractivity contribution is 6.30. The van der Waals surface area contributed by atoms with Gasteiger partial charge in [-0.1, -0.05) is 35.3 Å². The number of rotatable bonds is 9. The van der Waals surface area contributed by atoms with E-state index >= 15 is 0 Å². The van der Waals surface area contributed by atoms with Gasteiger partial charge in [-0.25, -0.2) is 0 Å². The summed E-state index contributed by atoms with van der Waals surface area (Å²) in [5, 5.41) is 16.5. The summed E-state index contributed by atoms with van der Waals surface area (Å²) in [5.74, 6) is 1.46. The zero-order valence-electron chi connectivity index (χ0n) is 18.2. The third-order valence-electron chi connectivity index (χ3n) is 5.28. The van der Waals surface area contributed by atoms with Crippen LogP contribution in [0.3, 0.4) is 0 Å². The molecule has 9 heteroatoms. The molecule has 1 aliphatic heterocycles. The van der Waals surface area contributed by atoms with Crippen LogP contribution in [0.15, 0.2) is 60.9 Å². The molecule has 1 atom stereocenters. The summed E-state index contributed by atoms with van der Waals surface area (Å²) in [7, 11) is 0. The zero-order chi connectivity index (χ0) is 23.1. The van der Waals surface area contributed by atoms with Gasteiger partial charge in [-0.05, 0) is 42.0 Å². The fraction of sp³-hybridized carbons (Fsp3) is 0.375. The molecule has 0 spiro atoms. The highest BCUT2D eigenvalue weighted by atomic mass is 35.5. The molecule has 7 nitrogen and oxygen atoms in total. The highest BCUT2D eigenvalue weighted by Crippen LogP contribution is 2.21. The second kappa shape index (κ2) is 11.2. The number of hydrogen-bond donors (Lipinski definition) is 1. The molecule has 33 heavy (non-hydrogen) atoms. The quantitative estimate of drug-likeness (QED) is 0.489. The predicted molar refractivity (Wildman–Crippen MR) is 127 cm³/mol. The van der Waals surface area contributed by atoms with E-state index in [9.17, 15) is 5.11 Å². The Morgan fingerprint density at radius 3 is 2.45 bits per heavy atom. The first-order valence-electron chi connectivity index (χ1n) is 10.8. The third-order valence-corrected chi connectivity index (χ3v) is 5.73. The van der Waals surface area contributed by atoms with E-state index in [2.05, 4.69) is 10.00 Å². The maximum absolute atomic E-state index is 11.1. The fourth-order valence-corrected chi connectivity index (χ4v) is 3.92.